The van der Waals surface area contributed by atoms with E-state index in [4.69, 9.17) is 9.84 Å². The lowest BCUT2D eigenvalue weighted by molar-refractivity contribution is -0.142. The van der Waals surface area contributed by atoms with Gasteiger partial charge in [-0.2, -0.15) is 5.10 Å². The van der Waals surface area contributed by atoms with E-state index in [1.54, 1.807) is 17.9 Å². The molecule has 1 rings (SSSR count). The predicted octanol–water partition coefficient (Wildman–Crippen LogP) is 0.205. The fraction of sp³-hybridized carbons (Fsp3) is 0.545. The number of urea groups is 1. The van der Waals surface area contributed by atoms with E-state index in [-0.39, 0.29) is 25.8 Å². The Hall–Kier alpha value is -2.09. The summed E-state index contributed by atoms with van der Waals surface area (Å²) < 4.78 is 6.42. The molecule has 0 radical (unpaired) electrons. The van der Waals surface area contributed by atoms with Crippen LogP contribution in [0.4, 0.5) is 10.5 Å². The monoisotopic (exact) mass is 270 g/mol. The number of nitrogens with one attached hydrogen (secondary N) is 2. The van der Waals surface area contributed by atoms with Gasteiger partial charge in [0.2, 0.25) is 0 Å². The standard InChI is InChI=1S/C11H18N4O4/c1-3-8-9(6-15(2)14-8)13-11(18)12-4-5-19-7-10(16)17/h6H,3-5,7H2,1-2H3,(H,16,17)(H2,12,13,18). The molecule has 19 heavy (non-hydrogen) atoms. The van der Waals surface area contributed by atoms with Gasteiger partial charge in [0.25, 0.3) is 0 Å². The normalized spacial score (nSPS) is 10.2. The molecule has 3 N–H and O–H groups in total. The summed E-state index contributed by atoms with van der Waals surface area (Å²) in [4.78, 5) is 21.7. The van der Waals surface area contributed by atoms with Crippen molar-refractivity contribution in [2.24, 2.45) is 7.05 Å². The highest BCUT2D eigenvalue weighted by molar-refractivity contribution is 5.89. The van der Waals surface area contributed by atoms with E-state index in [0.29, 0.717) is 5.69 Å². The van der Waals surface area contributed by atoms with Gasteiger partial charge in [-0.1, -0.05) is 6.92 Å². The van der Waals surface area contributed by atoms with Gasteiger partial charge in [-0.15, -0.1) is 0 Å². The van der Waals surface area contributed by atoms with Crippen LogP contribution in [0, 0.1) is 0 Å². The van der Waals surface area contributed by atoms with E-state index in [9.17, 15) is 9.59 Å². The van der Waals surface area contributed by atoms with Crippen molar-refractivity contribution in [2.45, 2.75) is 13.3 Å². The third-order valence-corrected chi connectivity index (χ3v) is 2.25. The van der Waals surface area contributed by atoms with Gasteiger partial charge in [-0.25, -0.2) is 9.59 Å². The number of aryl methyl sites for hydroxylation is 2. The lowest BCUT2D eigenvalue weighted by atomic mass is 10.3. The number of carboxylic acids is 1. The number of aromatic nitrogens is 2. The van der Waals surface area contributed by atoms with Crippen LogP contribution in [-0.2, 0) is 23.0 Å². The first-order valence-corrected chi connectivity index (χ1v) is 5.89. The summed E-state index contributed by atoms with van der Waals surface area (Å²) >= 11 is 0. The molecule has 0 saturated carbocycles. The van der Waals surface area contributed by atoms with E-state index >= 15 is 0 Å². The highest BCUT2D eigenvalue weighted by Crippen LogP contribution is 2.12. The minimum atomic E-state index is -1.03. The van der Waals surface area contributed by atoms with Crippen molar-refractivity contribution in [3.8, 4) is 0 Å². The zero-order chi connectivity index (χ0) is 14.3. The van der Waals surface area contributed by atoms with Crippen LogP contribution in [0.1, 0.15) is 12.6 Å². The number of rotatable bonds is 7. The van der Waals surface area contributed by atoms with E-state index in [1.807, 2.05) is 6.92 Å². The minimum Gasteiger partial charge on any atom is -0.480 e. The molecular formula is C11H18N4O4. The van der Waals surface area contributed by atoms with Gasteiger partial charge < -0.3 is 20.5 Å². The Morgan fingerprint density at radius 3 is 2.89 bits per heavy atom. The predicted molar refractivity (Wildman–Crippen MR) is 68.1 cm³/mol. The maximum atomic E-state index is 11.6. The number of hydrogen-bond donors (Lipinski definition) is 3. The number of carboxylic acid groups (broad SMARTS) is 1. The molecule has 1 aromatic rings. The van der Waals surface area contributed by atoms with Crippen LogP contribution in [0.5, 0.6) is 0 Å². The van der Waals surface area contributed by atoms with Crippen molar-refractivity contribution in [3.05, 3.63) is 11.9 Å². The molecule has 8 nitrogen and oxygen atoms in total. The molecule has 2 amide bonds. The lowest BCUT2D eigenvalue weighted by Gasteiger charge is -2.06. The van der Waals surface area contributed by atoms with Crippen LogP contribution < -0.4 is 10.6 Å². The zero-order valence-corrected chi connectivity index (χ0v) is 11.0. The van der Waals surface area contributed by atoms with Gasteiger partial charge in [0, 0.05) is 19.8 Å². The van der Waals surface area contributed by atoms with Gasteiger partial charge >= 0.3 is 12.0 Å². The molecule has 0 aliphatic carbocycles. The number of carbonyl (C=O) groups excluding carboxylic acids is 1. The van der Waals surface area contributed by atoms with Gasteiger partial charge in [0.05, 0.1) is 18.0 Å². The summed E-state index contributed by atoms with van der Waals surface area (Å²) in [6, 6.07) is -0.373. The SMILES string of the molecule is CCc1nn(C)cc1NC(=O)NCCOCC(=O)O. The van der Waals surface area contributed by atoms with Crippen molar-refractivity contribution in [1.82, 2.24) is 15.1 Å². The molecule has 0 aliphatic rings. The summed E-state index contributed by atoms with van der Waals surface area (Å²) in [5.41, 5.74) is 1.47. The third-order valence-electron chi connectivity index (χ3n) is 2.25. The second kappa shape index (κ2) is 7.37. The number of ether oxygens (including phenoxy) is 1. The summed E-state index contributed by atoms with van der Waals surface area (Å²) in [5.74, 6) is -1.03. The number of hydrogen-bond acceptors (Lipinski definition) is 4. The zero-order valence-electron chi connectivity index (χ0n) is 11.0. The molecule has 0 saturated heterocycles. The highest BCUT2D eigenvalue weighted by Gasteiger charge is 2.08. The van der Waals surface area contributed by atoms with Gasteiger partial charge in [-0.05, 0) is 6.42 Å². The fourth-order valence-electron chi connectivity index (χ4n) is 1.46. The summed E-state index contributed by atoms with van der Waals surface area (Å²) in [5, 5.41) is 17.8. The quantitative estimate of drug-likeness (QED) is 0.614. The number of nitrogens with zero attached hydrogens (tertiary/aromatic N) is 2. The maximum Gasteiger partial charge on any atom is 0.329 e. The van der Waals surface area contributed by atoms with E-state index in [1.165, 1.54) is 0 Å². The number of amides is 2. The van der Waals surface area contributed by atoms with Crippen LogP contribution in [0.15, 0.2) is 6.20 Å². The van der Waals surface area contributed by atoms with Crippen LogP contribution >= 0.6 is 0 Å². The molecule has 106 valence electrons. The van der Waals surface area contributed by atoms with Crippen molar-refractivity contribution >= 4 is 17.7 Å². The van der Waals surface area contributed by atoms with Crippen LogP contribution in [0.3, 0.4) is 0 Å². The first-order chi connectivity index (χ1) is 9.02. The van der Waals surface area contributed by atoms with Crippen LogP contribution in [-0.4, -0.2) is 46.6 Å². The molecule has 0 unspecified atom stereocenters. The average Bonchev–Trinajstić information content (AvgIpc) is 2.68. The number of anilines is 1. The smallest absolute Gasteiger partial charge is 0.329 e. The van der Waals surface area contributed by atoms with Gasteiger partial charge in [0.15, 0.2) is 0 Å². The average molecular weight is 270 g/mol. The van der Waals surface area contributed by atoms with Crippen molar-refractivity contribution in [1.29, 1.82) is 0 Å². The Morgan fingerprint density at radius 1 is 1.53 bits per heavy atom. The van der Waals surface area contributed by atoms with E-state index < -0.39 is 5.97 Å². The van der Waals surface area contributed by atoms with E-state index in [0.717, 1.165) is 12.1 Å². The first kappa shape index (κ1) is 15.0. The second-order valence-corrected chi connectivity index (χ2v) is 3.84. The van der Waals surface area contributed by atoms with Crippen molar-refractivity contribution < 1.29 is 19.4 Å². The maximum absolute atomic E-state index is 11.6. The number of carbonyl (C=O) groups is 2. The second-order valence-electron chi connectivity index (χ2n) is 3.84. The summed E-state index contributed by atoms with van der Waals surface area (Å²) in [6.07, 6.45) is 2.44. The Bertz CT molecular complexity index is 444. The van der Waals surface area contributed by atoms with E-state index in [2.05, 4.69) is 15.7 Å². The third kappa shape index (κ3) is 5.38. The first-order valence-electron chi connectivity index (χ1n) is 5.89. The summed E-state index contributed by atoms with van der Waals surface area (Å²) in [6.45, 7) is 1.96. The van der Waals surface area contributed by atoms with Gasteiger partial charge in [-0.3, -0.25) is 4.68 Å². The molecule has 0 aromatic carbocycles. The van der Waals surface area contributed by atoms with Gasteiger partial charge in [0.1, 0.15) is 6.61 Å². The fourth-order valence-corrected chi connectivity index (χ4v) is 1.46. The highest BCUT2D eigenvalue weighted by atomic mass is 16.5. The minimum absolute atomic E-state index is 0.146. The molecule has 0 aliphatic heterocycles. The molecule has 1 heterocycles. The molecule has 0 fully saturated rings. The molecule has 8 heteroatoms. The molecule has 0 spiro atoms. The van der Waals surface area contributed by atoms with Crippen LogP contribution in [0.2, 0.25) is 0 Å². The number of aliphatic carboxylic acids is 1. The molecule has 1 aromatic heterocycles. The molecule has 0 atom stereocenters. The Morgan fingerprint density at radius 2 is 2.26 bits per heavy atom. The lowest BCUT2D eigenvalue weighted by Crippen LogP contribution is -2.32. The van der Waals surface area contributed by atoms with Crippen molar-refractivity contribution in [3.63, 3.8) is 0 Å². The topological polar surface area (TPSA) is 105 Å². The van der Waals surface area contributed by atoms with Crippen molar-refractivity contribution in [2.75, 3.05) is 25.1 Å². The molecule has 0 bridgehead atoms. The Labute approximate surface area is 110 Å². The Balaban J connectivity index is 2.29. The largest absolute Gasteiger partial charge is 0.480 e. The van der Waals surface area contributed by atoms with Crippen LogP contribution in [0.25, 0.3) is 0 Å². The Kier molecular flexibility index (Phi) is 5.80. The molecular weight excluding hydrogens is 252 g/mol. The summed E-state index contributed by atoms with van der Waals surface area (Å²) in [7, 11) is 1.78.